The van der Waals surface area contributed by atoms with Crippen molar-refractivity contribution < 1.29 is 19.8 Å². The van der Waals surface area contributed by atoms with Crippen molar-refractivity contribution in [1.29, 1.82) is 0 Å². The normalized spacial score (nSPS) is 9.96. The number of likely N-dealkylation sites (N-methyl/N-ethyl adjacent to an activating group) is 1. The largest absolute Gasteiger partial charge is 0.473 e. The van der Waals surface area contributed by atoms with Gasteiger partial charge in [0.15, 0.2) is 0 Å². The lowest BCUT2D eigenvalue weighted by atomic mass is 10.1. The molecular weight excluding hydrogens is 308 g/mol. The highest BCUT2D eigenvalue weighted by Crippen LogP contribution is 2.09. The fourth-order valence-electron chi connectivity index (χ4n) is 2.01. The summed E-state index contributed by atoms with van der Waals surface area (Å²) in [6.45, 7) is 4.20. The van der Waals surface area contributed by atoms with Crippen molar-refractivity contribution in [3.63, 3.8) is 0 Å². The van der Waals surface area contributed by atoms with E-state index in [2.05, 4.69) is 54.2 Å². The molecule has 128 valence electrons. The Morgan fingerprint density at radius 3 is 2.21 bits per heavy atom. The minimum Gasteiger partial charge on any atom is -0.473 e. The van der Waals surface area contributed by atoms with Crippen molar-refractivity contribution >= 4 is 11.9 Å². The van der Waals surface area contributed by atoms with E-state index >= 15 is 0 Å². The number of aromatic nitrogens is 1. The molecule has 2 rings (SSSR count). The Labute approximate surface area is 141 Å². The lowest BCUT2D eigenvalue weighted by Crippen LogP contribution is -2.21. The number of carboxylic acids is 2. The van der Waals surface area contributed by atoms with Crippen LogP contribution in [0, 0.1) is 6.92 Å². The smallest absolute Gasteiger partial charge is 0.414 e. The molecule has 2 aromatic rings. The van der Waals surface area contributed by atoms with Gasteiger partial charge in [0.05, 0.1) is 0 Å². The Morgan fingerprint density at radius 2 is 1.67 bits per heavy atom. The summed E-state index contributed by atoms with van der Waals surface area (Å²) < 4.78 is 0. The van der Waals surface area contributed by atoms with Gasteiger partial charge in [-0.25, -0.2) is 9.59 Å². The van der Waals surface area contributed by atoms with Crippen molar-refractivity contribution in [3.05, 3.63) is 65.5 Å². The summed E-state index contributed by atoms with van der Waals surface area (Å²) in [5.41, 5.74) is 3.93. The minimum absolute atomic E-state index is 1.000. The number of aliphatic carboxylic acids is 2. The van der Waals surface area contributed by atoms with E-state index in [1.807, 2.05) is 18.3 Å². The lowest BCUT2D eigenvalue weighted by Gasteiger charge is -2.17. The molecule has 2 N–H and O–H groups in total. The zero-order valence-corrected chi connectivity index (χ0v) is 13.8. The van der Waals surface area contributed by atoms with Crippen molar-refractivity contribution in [2.24, 2.45) is 0 Å². The average molecular weight is 330 g/mol. The number of rotatable bonds is 5. The van der Waals surface area contributed by atoms with Crippen LogP contribution in [-0.4, -0.2) is 45.6 Å². The molecule has 0 spiro atoms. The van der Waals surface area contributed by atoms with Crippen LogP contribution in [0.5, 0.6) is 0 Å². The first-order chi connectivity index (χ1) is 11.4. The summed E-state index contributed by atoms with van der Waals surface area (Å²) >= 11 is 0. The Morgan fingerprint density at radius 1 is 1.04 bits per heavy atom. The van der Waals surface area contributed by atoms with E-state index in [-0.39, 0.29) is 0 Å². The first-order valence-corrected chi connectivity index (χ1v) is 7.49. The average Bonchev–Trinajstić information content (AvgIpc) is 2.56. The summed E-state index contributed by atoms with van der Waals surface area (Å²) in [5, 5.41) is 14.8. The highest BCUT2D eigenvalue weighted by molar-refractivity contribution is 6.27. The second-order valence-electron chi connectivity index (χ2n) is 5.35. The third kappa shape index (κ3) is 7.51. The molecule has 0 radical (unpaired) electrons. The maximum absolute atomic E-state index is 9.10. The van der Waals surface area contributed by atoms with Crippen molar-refractivity contribution in [2.75, 3.05) is 13.6 Å². The van der Waals surface area contributed by atoms with Gasteiger partial charge in [-0.1, -0.05) is 30.3 Å². The summed E-state index contributed by atoms with van der Waals surface area (Å²) in [7, 11) is 2.16. The maximum Gasteiger partial charge on any atom is 0.414 e. The molecule has 0 fully saturated rings. The lowest BCUT2D eigenvalue weighted by molar-refractivity contribution is -0.159. The number of carbonyl (C=O) groups is 2. The zero-order chi connectivity index (χ0) is 17.9. The van der Waals surface area contributed by atoms with Gasteiger partial charge in [0.1, 0.15) is 0 Å². The SMILES string of the molecule is Cc1ccccc1CN(C)CCc1ccccn1.O=C(O)C(=O)O. The van der Waals surface area contributed by atoms with Crippen LogP contribution in [0.1, 0.15) is 16.8 Å². The van der Waals surface area contributed by atoms with Crippen LogP contribution < -0.4 is 0 Å². The second kappa shape index (κ2) is 10.1. The van der Waals surface area contributed by atoms with Gasteiger partial charge >= 0.3 is 11.9 Å². The number of aryl methyl sites for hydroxylation is 1. The van der Waals surface area contributed by atoms with Crippen LogP contribution >= 0.6 is 0 Å². The fourth-order valence-corrected chi connectivity index (χ4v) is 2.01. The van der Waals surface area contributed by atoms with E-state index < -0.39 is 11.9 Å². The zero-order valence-electron chi connectivity index (χ0n) is 13.8. The first-order valence-electron chi connectivity index (χ1n) is 7.49. The predicted octanol–water partition coefficient (Wildman–Crippen LogP) is 2.22. The molecule has 6 heteroatoms. The van der Waals surface area contributed by atoms with Crippen LogP contribution in [0.4, 0.5) is 0 Å². The number of benzene rings is 1. The molecule has 6 nitrogen and oxygen atoms in total. The Kier molecular flexibility index (Phi) is 8.15. The van der Waals surface area contributed by atoms with Crippen LogP contribution in [0.25, 0.3) is 0 Å². The molecule has 24 heavy (non-hydrogen) atoms. The van der Waals surface area contributed by atoms with E-state index in [9.17, 15) is 0 Å². The number of hydrogen-bond acceptors (Lipinski definition) is 4. The Balaban J connectivity index is 0.000000413. The second-order valence-corrected chi connectivity index (χ2v) is 5.35. The van der Waals surface area contributed by atoms with Gasteiger partial charge in [0.25, 0.3) is 0 Å². The fraction of sp³-hybridized carbons (Fsp3) is 0.278. The van der Waals surface area contributed by atoms with Crippen molar-refractivity contribution in [1.82, 2.24) is 9.88 Å². The number of nitrogens with zero attached hydrogens (tertiary/aromatic N) is 2. The molecule has 0 aliphatic carbocycles. The van der Waals surface area contributed by atoms with Gasteiger partial charge in [0.2, 0.25) is 0 Å². The molecule has 0 aliphatic rings. The molecular formula is C18H22N2O4. The number of hydrogen-bond donors (Lipinski definition) is 2. The quantitative estimate of drug-likeness (QED) is 0.817. The minimum atomic E-state index is -1.82. The molecule has 1 aromatic heterocycles. The highest BCUT2D eigenvalue weighted by atomic mass is 16.4. The van der Waals surface area contributed by atoms with E-state index in [0.29, 0.717) is 0 Å². The molecule has 0 atom stereocenters. The van der Waals surface area contributed by atoms with Crippen LogP contribution in [0.15, 0.2) is 48.7 Å². The van der Waals surface area contributed by atoms with Crippen LogP contribution in [0.3, 0.4) is 0 Å². The van der Waals surface area contributed by atoms with Crippen LogP contribution in [0.2, 0.25) is 0 Å². The summed E-state index contributed by atoms with van der Waals surface area (Å²) in [6, 6.07) is 14.7. The van der Waals surface area contributed by atoms with Gasteiger partial charge in [-0.15, -0.1) is 0 Å². The van der Waals surface area contributed by atoms with Gasteiger partial charge in [-0.05, 0) is 37.2 Å². The van der Waals surface area contributed by atoms with Gasteiger partial charge in [-0.3, -0.25) is 4.98 Å². The monoisotopic (exact) mass is 330 g/mol. The Bertz CT molecular complexity index is 647. The summed E-state index contributed by atoms with van der Waals surface area (Å²) in [5.74, 6) is -3.65. The first kappa shape index (κ1) is 19.3. The van der Waals surface area contributed by atoms with Gasteiger partial charge in [0, 0.05) is 31.4 Å². The summed E-state index contributed by atoms with van der Waals surface area (Å²) in [6.07, 6.45) is 2.86. The molecule has 0 unspecified atom stereocenters. The number of pyridine rings is 1. The predicted molar refractivity (Wildman–Crippen MR) is 90.7 cm³/mol. The molecule has 0 bridgehead atoms. The number of carboxylic acid groups (broad SMARTS) is 2. The Hall–Kier alpha value is -2.73. The molecule has 1 heterocycles. The maximum atomic E-state index is 9.10. The van der Waals surface area contributed by atoms with Crippen molar-refractivity contribution in [2.45, 2.75) is 19.9 Å². The van der Waals surface area contributed by atoms with Crippen molar-refractivity contribution in [3.8, 4) is 0 Å². The van der Waals surface area contributed by atoms with E-state index in [1.165, 1.54) is 11.1 Å². The molecule has 0 saturated heterocycles. The molecule has 0 aliphatic heterocycles. The van der Waals surface area contributed by atoms with Gasteiger partial charge in [-0.2, -0.15) is 0 Å². The molecule has 0 amide bonds. The standard InChI is InChI=1S/C16H20N2.C2H2O4/c1-14-7-3-4-8-15(14)13-18(2)12-10-16-9-5-6-11-17-16;3-1(4)2(5)6/h3-9,11H,10,12-13H2,1-2H3;(H,3,4)(H,5,6). The van der Waals surface area contributed by atoms with E-state index in [0.717, 1.165) is 25.2 Å². The summed E-state index contributed by atoms with van der Waals surface area (Å²) in [4.78, 5) is 24.9. The van der Waals surface area contributed by atoms with Gasteiger partial charge < -0.3 is 15.1 Å². The highest BCUT2D eigenvalue weighted by Gasteiger charge is 2.04. The molecule has 0 saturated carbocycles. The van der Waals surface area contributed by atoms with E-state index in [1.54, 1.807) is 0 Å². The third-order valence-corrected chi connectivity index (χ3v) is 3.36. The van der Waals surface area contributed by atoms with E-state index in [4.69, 9.17) is 19.8 Å². The third-order valence-electron chi connectivity index (χ3n) is 3.36. The molecule has 1 aromatic carbocycles. The van der Waals surface area contributed by atoms with Crippen LogP contribution in [-0.2, 0) is 22.6 Å². The topological polar surface area (TPSA) is 90.7 Å².